The number of morpholine rings is 1. The van der Waals surface area contributed by atoms with E-state index in [4.69, 9.17) is 16.3 Å². The molecule has 6 heteroatoms. The smallest absolute Gasteiger partial charge is 0.186 e. The van der Waals surface area contributed by atoms with Crippen LogP contribution in [0.4, 0.5) is 5.13 Å². The third-order valence-electron chi connectivity index (χ3n) is 3.05. The molecule has 1 saturated heterocycles. The molecule has 1 aliphatic rings. The molecule has 0 N–H and O–H groups in total. The molecular formula is C13H14ClN3OS. The lowest BCUT2D eigenvalue weighted by Gasteiger charge is -2.30. The topological polar surface area (TPSA) is 38.2 Å². The van der Waals surface area contributed by atoms with Crippen molar-refractivity contribution >= 4 is 28.1 Å². The predicted octanol–water partition coefficient (Wildman–Crippen LogP) is 3.08. The summed E-state index contributed by atoms with van der Waals surface area (Å²) in [6.07, 6.45) is 3.63. The molecule has 19 heavy (non-hydrogen) atoms. The van der Waals surface area contributed by atoms with Crippen LogP contribution in [0.5, 0.6) is 0 Å². The number of aromatic nitrogens is 2. The molecule has 2 aromatic heterocycles. The first-order chi connectivity index (χ1) is 9.24. The van der Waals surface area contributed by atoms with Gasteiger partial charge in [-0.1, -0.05) is 11.6 Å². The fourth-order valence-electron chi connectivity index (χ4n) is 2.11. The molecule has 0 radical (unpaired) electrons. The van der Waals surface area contributed by atoms with Gasteiger partial charge in [0.2, 0.25) is 0 Å². The monoisotopic (exact) mass is 295 g/mol. The zero-order valence-electron chi connectivity index (χ0n) is 10.5. The average molecular weight is 296 g/mol. The third kappa shape index (κ3) is 2.73. The van der Waals surface area contributed by atoms with E-state index < -0.39 is 0 Å². The predicted molar refractivity (Wildman–Crippen MR) is 78.0 cm³/mol. The molecule has 0 unspecified atom stereocenters. The van der Waals surface area contributed by atoms with Crippen molar-refractivity contribution in [1.29, 1.82) is 0 Å². The van der Waals surface area contributed by atoms with Gasteiger partial charge in [-0.3, -0.25) is 4.98 Å². The summed E-state index contributed by atoms with van der Waals surface area (Å²) in [5, 5.41) is 3.70. The minimum atomic E-state index is 0.255. The van der Waals surface area contributed by atoms with E-state index in [9.17, 15) is 0 Å². The Morgan fingerprint density at radius 1 is 1.53 bits per heavy atom. The highest BCUT2D eigenvalue weighted by Gasteiger charge is 2.20. The molecule has 4 nitrogen and oxygen atoms in total. The van der Waals surface area contributed by atoms with Crippen LogP contribution in [0.15, 0.2) is 23.8 Å². The average Bonchev–Trinajstić information content (AvgIpc) is 2.89. The van der Waals surface area contributed by atoms with Crippen molar-refractivity contribution in [3.05, 3.63) is 28.9 Å². The SMILES string of the molecule is C[C@H]1CN(c2nc(-c3ccncc3Cl)cs2)CCO1. The Morgan fingerprint density at radius 2 is 2.42 bits per heavy atom. The largest absolute Gasteiger partial charge is 0.375 e. The lowest BCUT2D eigenvalue weighted by molar-refractivity contribution is 0.0532. The third-order valence-corrected chi connectivity index (χ3v) is 4.25. The lowest BCUT2D eigenvalue weighted by atomic mass is 10.2. The van der Waals surface area contributed by atoms with Crippen LogP contribution in [-0.4, -0.2) is 35.8 Å². The van der Waals surface area contributed by atoms with Gasteiger partial charge >= 0.3 is 0 Å². The maximum atomic E-state index is 6.15. The molecule has 0 saturated carbocycles. The van der Waals surface area contributed by atoms with Gasteiger partial charge in [-0.05, 0) is 13.0 Å². The van der Waals surface area contributed by atoms with Gasteiger partial charge in [-0.15, -0.1) is 11.3 Å². The number of hydrogen-bond donors (Lipinski definition) is 0. The summed E-state index contributed by atoms with van der Waals surface area (Å²) >= 11 is 7.79. The van der Waals surface area contributed by atoms with Crippen molar-refractivity contribution in [2.75, 3.05) is 24.6 Å². The maximum Gasteiger partial charge on any atom is 0.186 e. The highest BCUT2D eigenvalue weighted by Crippen LogP contribution is 2.31. The number of thiazole rings is 1. The second-order valence-corrected chi connectivity index (χ2v) is 5.74. The molecule has 1 atom stereocenters. The summed E-state index contributed by atoms with van der Waals surface area (Å²) in [6, 6.07) is 1.89. The van der Waals surface area contributed by atoms with E-state index in [-0.39, 0.29) is 6.10 Å². The summed E-state index contributed by atoms with van der Waals surface area (Å²) in [6.45, 7) is 4.62. The molecule has 1 aliphatic heterocycles. The van der Waals surface area contributed by atoms with Gasteiger partial charge in [0.1, 0.15) is 0 Å². The maximum absolute atomic E-state index is 6.15. The van der Waals surface area contributed by atoms with Gasteiger partial charge in [0.15, 0.2) is 5.13 Å². The molecule has 3 heterocycles. The van der Waals surface area contributed by atoms with Crippen molar-refractivity contribution in [2.45, 2.75) is 13.0 Å². The van der Waals surface area contributed by atoms with Gasteiger partial charge in [-0.25, -0.2) is 4.98 Å². The van der Waals surface area contributed by atoms with Gasteiger partial charge in [0.05, 0.1) is 23.4 Å². The van der Waals surface area contributed by atoms with Crippen LogP contribution in [0.25, 0.3) is 11.3 Å². The Kier molecular flexibility index (Phi) is 3.68. The van der Waals surface area contributed by atoms with Crippen molar-refractivity contribution < 1.29 is 4.74 Å². The highest BCUT2D eigenvalue weighted by atomic mass is 35.5. The Balaban J connectivity index is 1.85. The Bertz CT molecular complexity index is 575. The Labute approximate surface area is 121 Å². The summed E-state index contributed by atoms with van der Waals surface area (Å²) in [5.41, 5.74) is 1.84. The van der Waals surface area contributed by atoms with Crippen LogP contribution in [0.3, 0.4) is 0 Å². The molecule has 0 aromatic carbocycles. The van der Waals surface area contributed by atoms with Gasteiger partial charge in [0.25, 0.3) is 0 Å². The van der Waals surface area contributed by atoms with E-state index in [0.29, 0.717) is 5.02 Å². The summed E-state index contributed by atoms with van der Waals surface area (Å²) in [5.74, 6) is 0. The standard InChI is InChI=1S/C13H14ClN3OS/c1-9-7-17(4-5-18-9)13-16-12(8-19-13)10-2-3-15-6-11(10)14/h2-3,6,8-9H,4-5,7H2,1H3/t9-/m0/s1. The van der Waals surface area contributed by atoms with Crippen LogP contribution in [-0.2, 0) is 4.74 Å². The first-order valence-corrected chi connectivity index (χ1v) is 7.42. The molecule has 0 amide bonds. The molecule has 0 aliphatic carbocycles. The van der Waals surface area contributed by atoms with Crippen molar-refractivity contribution in [2.24, 2.45) is 0 Å². The van der Waals surface area contributed by atoms with Crippen molar-refractivity contribution in [3.63, 3.8) is 0 Å². The number of ether oxygens (including phenoxy) is 1. The highest BCUT2D eigenvalue weighted by molar-refractivity contribution is 7.14. The van der Waals surface area contributed by atoms with Crippen molar-refractivity contribution in [3.8, 4) is 11.3 Å². The number of hydrogen-bond acceptors (Lipinski definition) is 5. The number of halogens is 1. The summed E-state index contributed by atoms with van der Waals surface area (Å²) in [7, 11) is 0. The van der Waals surface area contributed by atoms with E-state index in [2.05, 4.69) is 21.8 Å². The zero-order chi connectivity index (χ0) is 13.2. The summed E-state index contributed by atoms with van der Waals surface area (Å²) in [4.78, 5) is 10.9. The second kappa shape index (κ2) is 5.45. The molecular weight excluding hydrogens is 282 g/mol. The summed E-state index contributed by atoms with van der Waals surface area (Å²) < 4.78 is 5.55. The fraction of sp³-hybridized carbons (Fsp3) is 0.385. The normalized spacial score (nSPS) is 19.7. The molecule has 2 aromatic rings. The van der Waals surface area contributed by atoms with Crippen LogP contribution in [0.1, 0.15) is 6.92 Å². The quantitative estimate of drug-likeness (QED) is 0.853. The van der Waals surface area contributed by atoms with E-state index in [0.717, 1.165) is 36.1 Å². The van der Waals surface area contributed by atoms with Gasteiger partial charge in [0, 0.05) is 36.4 Å². The molecule has 1 fully saturated rings. The first kappa shape index (κ1) is 12.8. The van der Waals surface area contributed by atoms with Crippen LogP contribution in [0, 0.1) is 0 Å². The minimum absolute atomic E-state index is 0.255. The first-order valence-electron chi connectivity index (χ1n) is 6.16. The zero-order valence-corrected chi connectivity index (χ0v) is 12.1. The van der Waals surface area contributed by atoms with Crippen LogP contribution < -0.4 is 4.90 Å². The molecule has 3 rings (SSSR count). The fourth-order valence-corrected chi connectivity index (χ4v) is 3.19. The Hall–Kier alpha value is -1.17. The number of rotatable bonds is 2. The van der Waals surface area contributed by atoms with Gasteiger partial charge < -0.3 is 9.64 Å². The molecule has 0 bridgehead atoms. The molecule has 100 valence electrons. The second-order valence-electron chi connectivity index (χ2n) is 4.50. The number of pyridine rings is 1. The minimum Gasteiger partial charge on any atom is -0.375 e. The van der Waals surface area contributed by atoms with Crippen LogP contribution in [0.2, 0.25) is 5.02 Å². The number of anilines is 1. The van der Waals surface area contributed by atoms with Crippen molar-refractivity contribution in [1.82, 2.24) is 9.97 Å². The molecule has 0 spiro atoms. The van der Waals surface area contributed by atoms with E-state index in [1.54, 1.807) is 23.7 Å². The lowest BCUT2D eigenvalue weighted by Crippen LogP contribution is -2.41. The van der Waals surface area contributed by atoms with Crippen LogP contribution >= 0.6 is 22.9 Å². The number of nitrogens with zero attached hydrogens (tertiary/aromatic N) is 3. The van der Waals surface area contributed by atoms with E-state index >= 15 is 0 Å². The van der Waals surface area contributed by atoms with Gasteiger partial charge in [-0.2, -0.15) is 0 Å². The van der Waals surface area contributed by atoms with E-state index in [1.165, 1.54) is 0 Å². The Morgan fingerprint density at radius 3 is 3.21 bits per heavy atom. The van der Waals surface area contributed by atoms with E-state index in [1.807, 2.05) is 11.4 Å².